The molecule has 0 saturated carbocycles. The van der Waals surface area contributed by atoms with Crippen LogP contribution in [-0.2, 0) is 17.9 Å². The minimum Gasteiger partial charge on any atom is -0.482 e. The second kappa shape index (κ2) is 17.0. The fourth-order valence-electron chi connectivity index (χ4n) is 4.84. The Morgan fingerprint density at radius 2 is 1.50 bits per heavy atom. The summed E-state index contributed by atoms with van der Waals surface area (Å²) in [4.78, 5) is 29.2. The second-order valence-corrected chi connectivity index (χ2v) is 10.4. The molecule has 0 atom stereocenters. The third-order valence-corrected chi connectivity index (χ3v) is 7.26. The summed E-state index contributed by atoms with van der Waals surface area (Å²) in [6.45, 7) is 5.88. The van der Waals surface area contributed by atoms with Crippen molar-refractivity contribution >= 4 is 5.91 Å². The Balaban J connectivity index is 1.26. The summed E-state index contributed by atoms with van der Waals surface area (Å²) < 4.78 is 24.2. The molecule has 1 aromatic carbocycles. The topological polar surface area (TPSA) is 63.0 Å². The number of carbonyl (C=O) groups is 1. The first-order valence-electron chi connectivity index (χ1n) is 14.5. The van der Waals surface area contributed by atoms with Crippen molar-refractivity contribution in [2.45, 2.75) is 97.1 Å². The van der Waals surface area contributed by atoms with Gasteiger partial charge in [0.2, 0.25) is 17.1 Å². The van der Waals surface area contributed by atoms with Gasteiger partial charge in [0.05, 0.1) is 6.54 Å². The number of halogens is 1. The number of hydrogen-bond donors (Lipinski definition) is 0. The molecular formula is C31H45FN2O4. The number of benzene rings is 1. The van der Waals surface area contributed by atoms with E-state index in [0.717, 1.165) is 31.5 Å². The van der Waals surface area contributed by atoms with Crippen molar-refractivity contribution in [1.29, 1.82) is 0 Å². The summed E-state index contributed by atoms with van der Waals surface area (Å²) in [6.07, 6.45) is 16.1. The zero-order valence-corrected chi connectivity index (χ0v) is 23.1. The Morgan fingerprint density at radius 3 is 2.11 bits per heavy atom. The first kappa shape index (κ1) is 29.9. The Bertz CT molecular complexity index is 1000. The molecule has 1 aromatic heterocycles. The minimum absolute atomic E-state index is 0.135. The number of ether oxygens (including phenoxy) is 1. The monoisotopic (exact) mass is 528 g/mol. The number of amides is 1. The van der Waals surface area contributed by atoms with E-state index < -0.39 is 0 Å². The molecule has 1 amide bonds. The second-order valence-electron chi connectivity index (χ2n) is 10.4. The molecule has 0 N–H and O–H groups in total. The van der Waals surface area contributed by atoms with E-state index in [1.165, 1.54) is 82.2 Å². The molecule has 1 saturated heterocycles. The van der Waals surface area contributed by atoms with Gasteiger partial charge in [-0.25, -0.2) is 4.39 Å². The van der Waals surface area contributed by atoms with Crippen molar-refractivity contribution in [2.24, 2.45) is 0 Å². The molecule has 0 spiro atoms. The number of piperazine rings is 1. The third-order valence-electron chi connectivity index (χ3n) is 7.26. The molecule has 210 valence electrons. The number of hydrogen-bond acceptors (Lipinski definition) is 5. The van der Waals surface area contributed by atoms with Crippen molar-refractivity contribution < 1.29 is 18.3 Å². The first-order chi connectivity index (χ1) is 18.5. The van der Waals surface area contributed by atoms with E-state index in [9.17, 15) is 14.0 Å². The molecule has 0 unspecified atom stereocenters. The molecule has 38 heavy (non-hydrogen) atoms. The van der Waals surface area contributed by atoms with Gasteiger partial charge >= 0.3 is 0 Å². The summed E-state index contributed by atoms with van der Waals surface area (Å²) in [5.74, 6) is 0.655. The van der Waals surface area contributed by atoms with Crippen molar-refractivity contribution in [3.05, 3.63) is 64.0 Å². The average molecular weight is 529 g/mol. The SMILES string of the molecule is CCCCCCCCCCCCCC(=O)N1CCN(Cc2cc(=O)c(OCc3ccc(F)cc3)co2)CC1. The first-order valence-corrected chi connectivity index (χ1v) is 14.5. The molecule has 1 fully saturated rings. The van der Waals surface area contributed by atoms with Crippen LogP contribution in [0.5, 0.6) is 5.75 Å². The molecule has 0 bridgehead atoms. The van der Waals surface area contributed by atoms with Crippen molar-refractivity contribution in [3.8, 4) is 5.75 Å². The van der Waals surface area contributed by atoms with E-state index in [2.05, 4.69) is 11.8 Å². The van der Waals surface area contributed by atoms with Crippen LogP contribution in [0.25, 0.3) is 0 Å². The van der Waals surface area contributed by atoms with Gasteiger partial charge in [0.1, 0.15) is 24.4 Å². The lowest BCUT2D eigenvalue weighted by Crippen LogP contribution is -2.48. The Hall–Kier alpha value is -2.67. The van der Waals surface area contributed by atoms with Crippen LogP contribution < -0.4 is 10.2 Å². The highest BCUT2D eigenvalue weighted by molar-refractivity contribution is 5.76. The summed E-state index contributed by atoms with van der Waals surface area (Å²) >= 11 is 0. The highest BCUT2D eigenvalue weighted by Crippen LogP contribution is 2.15. The fraction of sp³-hybridized carbons (Fsp3) is 0.613. The van der Waals surface area contributed by atoms with Gasteiger partial charge in [-0.05, 0) is 24.1 Å². The largest absolute Gasteiger partial charge is 0.482 e. The zero-order valence-electron chi connectivity index (χ0n) is 23.1. The van der Waals surface area contributed by atoms with Crippen LogP contribution in [0.2, 0.25) is 0 Å². The van der Waals surface area contributed by atoms with Gasteiger partial charge in [-0.1, -0.05) is 83.3 Å². The molecule has 6 nitrogen and oxygen atoms in total. The summed E-state index contributed by atoms with van der Waals surface area (Å²) in [5, 5.41) is 0. The van der Waals surface area contributed by atoms with Crippen LogP contribution in [0.3, 0.4) is 0 Å². The van der Waals surface area contributed by atoms with E-state index >= 15 is 0 Å². The maximum atomic E-state index is 13.0. The lowest BCUT2D eigenvalue weighted by Gasteiger charge is -2.34. The number of nitrogens with zero attached hydrogens (tertiary/aromatic N) is 2. The fourth-order valence-corrected chi connectivity index (χ4v) is 4.84. The number of rotatable bonds is 17. The van der Waals surface area contributed by atoms with Crippen LogP contribution >= 0.6 is 0 Å². The van der Waals surface area contributed by atoms with Gasteiger partial charge < -0.3 is 14.1 Å². The number of carbonyl (C=O) groups excluding carboxylic acids is 1. The van der Waals surface area contributed by atoms with Gasteiger partial charge in [0.25, 0.3) is 0 Å². The molecular weight excluding hydrogens is 483 g/mol. The van der Waals surface area contributed by atoms with Gasteiger partial charge in [-0.2, -0.15) is 0 Å². The molecule has 1 aliphatic heterocycles. The predicted octanol–water partition coefficient (Wildman–Crippen LogP) is 6.70. The van der Waals surface area contributed by atoms with E-state index in [1.807, 2.05) is 4.90 Å². The van der Waals surface area contributed by atoms with Gasteiger partial charge in [-0.3, -0.25) is 14.5 Å². The standard InChI is InChI=1S/C31H45FN2O4/c1-2-3-4-5-6-7-8-9-10-11-12-13-31(36)34-20-18-33(19-21-34)23-28-22-29(35)30(25-37-28)38-24-26-14-16-27(32)17-15-26/h14-17,22,25H,2-13,18-21,23-24H2,1H3. The summed E-state index contributed by atoms with van der Waals surface area (Å²) in [6, 6.07) is 7.41. The van der Waals surface area contributed by atoms with E-state index in [0.29, 0.717) is 31.8 Å². The van der Waals surface area contributed by atoms with Gasteiger partial charge in [0, 0.05) is 38.7 Å². The summed E-state index contributed by atoms with van der Waals surface area (Å²) in [5.41, 5.74) is 0.528. The highest BCUT2D eigenvalue weighted by atomic mass is 19.1. The Kier molecular flexibility index (Phi) is 13.4. The maximum absolute atomic E-state index is 13.0. The van der Waals surface area contributed by atoms with Crippen LogP contribution in [0.1, 0.15) is 95.3 Å². The minimum atomic E-state index is -0.313. The van der Waals surface area contributed by atoms with E-state index in [1.54, 1.807) is 12.1 Å². The molecule has 0 radical (unpaired) electrons. The zero-order chi connectivity index (χ0) is 27.0. The smallest absolute Gasteiger partial charge is 0.227 e. The highest BCUT2D eigenvalue weighted by Gasteiger charge is 2.21. The predicted molar refractivity (Wildman–Crippen MR) is 149 cm³/mol. The molecule has 7 heteroatoms. The van der Waals surface area contributed by atoms with Crippen LogP contribution in [0.15, 0.2) is 45.8 Å². The Labute approximate surface area is 227 Å². The van der Waals surface area contributed by atoms with Crippen LogP contribution in [0, 0.1) is 5.82 Å². The Morgan fingerprint density at radius 1 is 0.895 bits per heavy atom. The van der Waals surface area contributed by atoms with Crippen LogP contribution in [-0.4, -0.2) is 41.9 Å². The normalized spacial score (nSPS) is 14.1. The van der Waals surface area contributed by atoms with Crippen LogP contribution in [0.4, 0.5) is 4.39 Å². The molecule has 2 heterocycles. The quantitative estimate of drug-likeness (QED) is 0.214. The lowest BCUT2D eigenvalue weighted by atomic mass is 10.1. The van der Waals surface area contributed by atoms with Crippen molar-refractivity contribution in [3.63, 3.8) is 0 Å². The maximum Gasteiger partial charge on any atom is 0.227 e. The number of unbranched alkanes of at least 4 members (excludes halogenated alkanes) is 10. The summed E-state index contributed by atoms with van der Waals surface area (Å²) in [7, 11) is 0. The molecule has 2 aromatic rings. The molecule has 0 aliphatic carbocycles. The van der Waals surface area contributed by atoms with Crippen molar-refractivity contribution in [1.82, 2.24) is 9.80 Å². The average Bonchev–Trinajstić information content (AvgIpc) is 2.92. The molecule has 3 rings (SSSR count). The third kappa shape index (κ3) is 11.0. The van der Waals surface area contributed by atoms with Gasteiger partial charge in [-0.15, -0.1) is 0 Å². The van der Waals surface area contributed by atoms with Gasteiger partial charge in [0.15, 0.2) is 0 Å². The molecule has 1 aliphatic rings. The van der Waals surface area contributed by atoms with E-state index in [4.69, 9.17) is 9.15 Å². The lowest BCUT2D eigenvalue weighted by molar-refractivity contribution is -0.133. The van der Waals surface area contributed by atoms with E-state index in [-0.39, 0.29) is 29.5 Å². The van der Waals surface area contributed by atoms with Crippen molar-refractivity contribution in [2.75, 3.05) is 26.2 Å².